The fraction of sp³-hybridized carbons (Fsp3) is 0.300. The number of aromatic nitrogens is 3. The Morgan fingerprint density at radius 2 is 1.96 bits per heavy atom. The normalized spacial score (nSPS) is 10.9. The number of pyridine rings is 1. The van der Waals surface area contributed by atoms with Gasteiger partial charge in [0.2, 0.25) is 11.7 Å². The Bertz CT molecular complexity index is 963. The summed E-state index contributed by atoms with van der Waals surface area (Å²) in [5, 5.41) is 4.03. The Morgan fingerprint density at radius 1 is 1.19 bits per heavy atom. The van der Waals surface area contributed by atoms with Crippen molar-refractivity contribution in [2.45, 2.75) is 26.7 Å². The first-order valence-electron chi connectivity index (χ1n) is 8.65. The average Bonchev–Trinajstić information content (AvgIpc) is 3.13. The predicted octanol–water partition coefficient (Wildman–Crippen LogP) is 4.06. The van der Waals surface area contributed by atoms with E-state index in [4.69, 9.17) is 9.26 Å². The van der Waals surface area contributed by atoms with Gasteiger partial charge in [-0.2, -0.15) is 4.98 Å². The van der Waals surface area contributed by atoms with Gasteiger partial charge in [0, 0.05) is 37.8 Å². The second-order valence-corrected chi connectivity index (χ2v) is 6.77. The number of carbonyl (C=O) groups excluding carboxylic acids is 1. The van der Waals surface area contributed by atoms with Crippen LogP contribution < -0.4 is 4.74 Å². The lowest BCUT2D eigenvalue weighted by Crippen LogP contribution is -2.22. The molecule has 0 spiro atoms. The second kappa shape index (κ2) is 7.57. The molecule has 3 rings (SSSR count). The van der Waals surface area contributed by atoms with Crippen LogP contribution in [-0.4, -0.2) is 40.0 Å². The number of carbonyl (C=O) groups is 1. The molecule has 0 saturated heterocycles. The van der Waals surface area contributed by atoms with Crippen LogP contribution in [0.3, 0.4) is 0 Å². The van der Waals surface area contributed by atoms with Crippen molar-refractivity contribution >= 4 is 5.91 Å². The van der Waals surface area contributed by atoms with Crippen LogP contribution in [0, 0.1) is 6.92 Å². The Kier molecular flexibility index (Phi) is 5.21. The minimum Gasteiger partial charge on any atom is -0.457 e. The molecule has 27 heavy (non-hydrogen) atoms. The molecule has 0 radical (unpaired) electrons. The van der Waals surface area contributed by atoms with Gasteiger partial charge in [-0.3, -0.25) is 9.78 Å². The van der Waals surface area contributed by atoms with Crippen molar-refractivity contribution in [3.63, 3.8) is 0 Å². The molecule has 7 heteroatoms. The van der Waals surface area contributed by atoms with Crippen LogP contribution >= 0.6 is 0 Å². The molecule has 0 saturated carbocycles. The number of benzene rings is 1. The molecule has 0 aliphatic carbocycles. The Labute approximate surface area is 158 Å². The molecule has 7 nitrogen and oxygen atoms in total. The molecule has 1 amide bonds. The number of aryl methyl sites for hydroxylation is 1. The van der Waals surface area contributed by atoms with Gasteiger partial charge in [-0.15, -0.1) is 0 Å². The van der Waals surface area contributed by atoms with Crippen LogP contribution in [-0.2, 0) is 0 Å². The monoisotopic (exact) mass is 366 g/mol. The Balaban J connectivity index is 1.82. The number of nitrogens with zero attached hydrogens (tertiary/aromatic N) is 4. The van der Waals surface area contributed by atoms with E-state index in [1.165, 1.54) is 4.90 Å². The number of hydrogen-bond acceptors (Lipinski definition) is 6. The van der Waals surface area contributed by atoms with Crippen molar-refractivity contribution in [1.82, 2.24) is 20.0 Å². The smallest absolute Gasteiger partial charge is 0.272 e. The summed E-state index contributed by atoms with van der Waals surface area (Å²) < 4.78 is 11.2. The highest BCUT2D eigenvalue weighted by Crippen LogP contribution is 2.29. The van der Waals surface area contributed by atoms with E-state index in [0.717, 1.165) is 11.1 Å². The summed E-state index contributed by atoms with van der Waals surface area (Å²) in [6, 6.07) is 9.02. The number of amides is 1. The molecular weight excluding hydrogens is 344 g/mol. The molecule has 140 valence electrons. The molecule has 1 aromatic carbocycles. The van der Waals surface area contributed by atoms with E-state index in [1.807, 2.05) is 39.0 Å². The fourth-order valence-electron chi connectivity index (χ4n) is 2.44. The molecule has 0 atom stereocenters. The number of ether oxygens (including phenoxy) is 1. The number of rotatable bonds is 5. The molecule has 0 bridgehead atoms. The zero-order valence-corrected chi connectivity index (χ0v) is 16.1. The van der Waals surface area contributed by atoms with Crippen molar-refractivity contribution in [2.75, 3.05) is 14.1 Å². The van der Waals surface area contributed by atoms with E-state index in [2.05, 4.69) is 15.1 Å². The molecule has 2 heterocycles. The highest BCUT2D eigenvalue weighted by Gasteiger charge is 2.14. The molecule has 0 aliphatic rings. The van der Waals surface area contributed by atoms with E-state index in [9.17, 15) is 4.79 Å². The first-order valence-corrected chi connectivity index (χ1v) is 8.65. The summed E-state index contributed by atoms with van der Waals surface area (Å²) in [7, 11) is 3.37. The SMILES string of the molecule is Cc1cc(-c2noc(C(C)C)n2)ccc1Oc1ccnc(C(=O)N(C)C)c1. The Morgan fingerprint density at radius 3 is 2.59 bits per heavy atom. The fourth-order valence-corrected chi connectivity index (χ4v) is 2.44. The van der Waals surface area contributed by atoms with Crippen LogP contribution in [0.25, 0.3) is 11.4 Å². The maximum atomic E-state index is 12.1. The molecular formula is C20H22N4O3. The molecule has 0 fully saturated rings. The molecule has 0 N–H and O–H groups in total. The molecule has 2 aromatic heterocycles. The van der Waals surface area contributed by atoms with Gasteiger partial charge in [0.05, 0.1) is 0 Å². The van der Waals surface area contributed by atoms with Crippen molar-refractivity contribution in [1.29, 1.82) is 0 Å². The van der Waals surface area contributed by atoms with E-state index in [1.54, 1.807) is 32.4 Å². The zero-order chi connectivity index (χ0) is 19.6. The van der Waals surface area contributed by atoms with Gasteiger partial charge in [-0.25, -0.2) is 0 Å². The summed E-state index contributed by atoms with van der Waals surface area (Å²) in [5.74, 6) is 2.40. The van der Waals surface area contributed by atoms with Gasteiger partial charge in [0.1, 0.15) is 17.2 Å². The quantitative estimate of drug-likeness (QED) is 0.677. The van der Waals surface area contributed by atoms with Gasteiger partial charge in [0.25, 0.3) is 5.91 Å². The lowest BCUT2D eigenvalue weighted by Gasteiger charge is -2.12. The standard InChI is InChI=1S/C20H22N4O3/c1-12(2)19-22-18(23-27-19)14-6-7-17(13(3)10-14)26-15-8-9-21-16(11-15)20(25)24(4)5/h6-12H,1-5H3. The lowest BCUT2D eigenvalue weighted by molar-refractivity contribution is 0.0821. The Hall–Kier alpha value is -3.22. The minimum absolute atomic E-state index is 0.175. The maximum absolute atomic E-state index is 12.1. The van der Waals surface area contributed by atoms with Gasteiger partial charge in [-0.1, -0.05) is 19.0 Å². The van der Waals surface area contributed by atoms with Crippen molar-refractivity contribution in [2.24, 2.45) is 0 Å². The highest BCUT2D eigenvalue weighted by atomic mass is 16.5. The highest BCUT2D eigenvalue weighted by molar-refractivity contribution is 5.92. The maximum Gasteiger partial charge on any atom is 0.272 e. The van der Waals surface area contributed by atoms with E-state index >= 15 is 0 Å². The lowest BCUT2D eigenvalue weighted by atomic mass is 10.1. The zero-order valence-electron chi connectivity index (χ0n) is 16.1. The van der Waals surface area contributed by atoms with Crippen LogP contribution in [0.1, 0.15) is 41.7 Å². The predicted molar refractivity (Wildman–Crippen MR) is 101 cm³/mol. The van der Waals surface area contributed by atoms with E-state index in [-0.39, 0.29) is 11.8 Å². The second-order valence-electron chi connectivity index (χ2n) is 6.77. The van der Waals surface area contributed by atoms with Crippen molar-refractivity contribution in [3.05, 3.63) is 53.7 Å². The molecule has 0 aliphatic heterocycles. The van der Waals surface area contributed by atoms with Crippen LogP contribution in [0.15, 0.2) is 41.1 Å². The third-order valence-corrected chi connectivity index (χ3v) is 3.95. The van der Waals surface area contributed by atoms with Crippen molar-refractivity contribution < 1.29 is 14.1 Å². The van der Waals surface area contributed by atoms with Gasteiger partial charge < -0.3 is 14.2 Å². The third-order valence-electron chi connectivity index (χ3n) is 3.95. The first-order chi connectivity index (χ1) is 12.8. The van der Waals surface area contributed by atoms with E-state index in [0.29, 0.717) is 28.9 Å². The third kappa shape index (κ3) is 4.13. The summed E-state index contributed by atoms with van der Waals surface area (Å²) in [4.78, 5) is 22.0. The van der Waals surface area contributed by atoms with Crippen LogP contribution in [0.5, 0.6) is 11.5 Å². The minimum atomic E-state index is -0.175. The molecule has 0 unspecified atom stereocenters. The van der Waals surface area contributed by atoms with Gasteiger partial charge in [-0.05, 0) is 36.8 Å². The summed E-state index contributed by atoms with van der Waals surface area (Å²) in [6.07, 6.45) is 1.56. The van der Waals surface area contributed by atoms with Crippen molar-refractivity contribution in [3.8, 4) is 22.9 Å². The topological polar surface area (TPSA) is 81.4 Å². The first kappa shape index (κ1) is 18.6. The van der Waals surface area contributed by atoms with Gasteiger partial charge >= 0.3 is 0 Å². The van der Waals surface area contributed by atoms with Gasteiger partial charge in [0.15, 0.2) is 0 Å². The number of hydrogen-bond donors (Lipinski definition) is 0. The largest absolute Gasteiger partial charge is 0.457 e. The summed E-state index contributed by atoms with van der Waals surface area (Å²) in [5.41, 5.74) is 2.11. The van der Waals surface area contributed by atoms with E-state index < -0.39 is 0 Å². The van der Waals surface area contributed by atoms with Crippen LogP contribution in [0.2, 0.25) is 0 Å². The summed E-state index contributed by atoms with van der Waals surface area (Å²) >= 11 is 0. The molecule has 3 aromatic rings. The summed E-state index contributed by atoms with van der Waals surface area (Å²) in [6.45, 7) is 5.95. The average molecular weight is 366 g/mol. The van der Waals surface area contributed by atoms with Crippen LogP contribution in [0.4, 0.5) is 0 Å².